The van der Waals surface area contributed by atoms with Crippen LogP contribution < -0.4 is 10.6 Å². The minimum atomic E-state index is -1.02. The zero-order valence-electron chi connectivity index (χ0n) is 10.2. The molecule has 1 atom stereocenters. The van der Waals surface area contributed by atoms with Crippen molar-refractivity contribution in [3.8, 4) is 0 Å². The summed E-state index contributed by atoms with van der Waals surface area (Å²) < 4.78 is 5.08. The predicted octanol–water partition coefficient (Wildman–Crippen LogP) is -0.767. The number of hydrogen-bond donors (Lipinski definition) is 3. The summed E-state index contributed by atoms with van der Waals surface area (Å²) in [6.07, 6.45) is 0.925. The summed E-state index contributed by atoms with van der Waals surface area (Å²) >= 11 is 0. The molecule has 2 aliphatic heterocycles. The van der Waals surface area contributed by atoms with Crippen molar-refractivity contribution in [1.29, 1.82) is 0 Å². The van der Waals surface area contributed by atoms with Gasteiger partial charge in [-0.15, -0.1) is 0 Å². The second-order valence-corrected chi connectivity index (χ2v) is 4.62. The first kappa shape index (κ1) is 13.1. The van der Waals surface area contributed by atoms with Crippen LogP contribution in [0.4, 0.5) is 4.79 Å². The number of amides is 2. The van der Waals surface area contributed by atoms with Gasteiger partial charge in [-0.2, -0.15) is 0 Å². The molecule has 0 aromatic heterocycles. The summed E-state index contributed by atoms with van der Waals surface area (Å²) in [5.74, 6) is -1.02. The van der Waals surface area contributed by atoms with Crippen molar-refractivity contribution in [3.05, 3.63) is 0 Å². The maximum Gasteiger partial charge on any atom is 0.334 e. The van der Waals surface area contributed by atoms with E-state index in [1.54, 1.807) is 0 Å². The molecule has 0 radical (unpaired) electrons. The first-order valence-electron chi connectivity index (χ1n) is 6.27. The Kier molecular flexibility index (Phi) is 4.38. The van der Waals surface area contributed by atoms with E-state index in [2.05, 4.69) is 10.6 Å². The molecule has 7 heteroatoms. The molecule has 1 unspecified atom stereocenters. The number of carboxylic acid groups (broad SMARTS) is 1. The average Bonchev–Trinajstić information content (AvgIpc) is 2.40. The predicted molar refractivity (Wildman–Crippen MR) is 63.4 cm³/mol. The Morgan fingerprint density at radius 1 is 1.33 bits per heavy atom. The van der Waals surface area contributed by atoms with Gasteiger partial charge >= 0.3 is 12.0 Å². The van der Waals surface area contributed by atoms with Gasteiger partial charge in [0.1, 0.15) is 0 Å². The van der Waals surface area contributed by atoms with E-state index in [1.807, 2.05) is 0 Å². The fourth-order valence-electron chi connectivity index (χ4n) is 2.22. The van der Waals surface area contributed by atoms with Crippen molar-refractivity contribution < 1.29 is 19.4 Å². The topological polar surface area (TPSA) is 90.9 Å². The van der Waals surface area contributed by atoms with Crippen LogP contribution in [0.3, 0.4) is 0 Å². The molecule has 0 aromatic rings. The van der Waals surface area contributed by atoms with Crippen molar-refractivity contribution in [2.45, 2.75) is 25.0 Å². The Bertz CT molecular complexity index is 317. The Morgan fingerprint density at radius 3 is 2.72 bits per heavy atom. The molecule has 2 aliphatic rings. The summed E-state index contributed by atoms with van der Waals surface area (Å²) in [5, 5.41) is 15.0. The van der Waals surface area contributed by atoms with Crippen molar-refractivity contribution in [2.75, 3.05) is 32.8 Å². The third-order valence-electron chi connectivity index (χ3n) is 3.30. The molecule has 2 rings (SSSR count). The highest BCUT2D eigenvalue weighted by atomic mass is 16.5. The zero-order chi connectivity index (χ0) is 13.0. The van der Waals surface area contributed by atoms with Crippen LogP contribution in [-0.4, -0.2) is 66.9 Å². The highest BCUT2D eigenvalue weighted by Crippen LogP contribution is 2.08. The van der Waals surface area contributed by atoms with E-state index in [9.17, 15) is 9.59 Å². The van der Waals surface area contributed by atoms with Gasteiger partial charge in [-0.05, 0) is 25.9 Å². The lowest BCUT2D eigenvalue weighted by molar-refractivity contribution is -0.154. The molecule has 0 saturated carbocycles. The number of carbonyl (C=O) groups excluding carboxylic acids is 1. The van der Waals surface area contributed by atoms with E-state index in [-0.39, 0.29) is 25.2 Å². The van der Waals surface area contributed by atoms with Crippen LogP contribution in [0.25, 0.3) is 0 Å². The zero-order valence-corrected chi connectivity index (χ0v) is 10.2. The number of nitrogens with zero attached hydrogens (tertiary/aromatic N) is 1. The molecular weight excluding hydrogens is 238 g/mol. The van der Waals surface area contributed by atoms with Gasteiger partial charge in [-0.25, -0.2) is 9.59 Å². The molecule has 2 saturated heterocycles. The van der Waals surface area contributed by atoms with E-state index in [1.165, 1.54) is 4.90 Å². The molecule has 102 valence electrons. The second-order valence-electron chi connectivity index (χ2n) is 4.62. The summed E-state index contributed by atoms with van der Waals surface area (Å²) in [6, 6.07) is 0.00122. The molecule has 2 amide bonds. The molecule has 0 bridgehead atoms. The lowest BCUT2D eigenvalue weighted by atomic mass is 10.1. The van der Waals surface area contributed by atoms with Crippen LogP contribution in [0.2, 0.25) is 0 Å². The third kappa shape index (κ3) is 3.33. The number of urea groups is 1. The Labute approximate surface area is 105 Å². The number of piperidine rings is 1. The lowest BCUT2D eigenvalue weighted by Gasteiger charge is -2.33. The first-order chi connectivity index (χ1) is 8.66. The molecule has 18 heavy (non-hydrogen) atoms. The number of morpholine rings is 1. The van der Waals surface area contributed by atoms with Gasteiger partial charge in [0, 0.05) is 12.6 Å². The average molecular weight is 257 g/mol. The van der Waals surface area contributed by atoms with Crippen LogP contribution in [0, 0.1) is 0 Å². The normalized spacial score (nSPS) is 25.8. The fourth-order valence-corrected chi connectivity index (χ4v) is 2.22. The number of carbonyl (C=O) groups is 2. The molecular formula is C11H19N3O4. The van der Waals surface area contributed by atoms with Crippen LogP contribution >= 0.6 is 0 Å². The molecule has 7 nitrogen and oxygen atoms in total. The van der Waals surface area contributed by atoms with Gasteiger partial charge < -0.3 is 25.4 Å². The van der Waals surface area contributed by atoms with Crippen LogP contribution in [-0.2, 0) is 9.53 Å². The monoisotopic (exact) mass is 257 g/mol. The molecule has 0 aromatic carbocycles. The lowest BCUT2D eigenvalue weighted by Crippen LogP contribution is -2.54. The Balaban J connectivity index is 1.82. The summed E-state index contributed by atoms with van der Waals surface area (Å²) in [6.45, 7) is 2.65. The Morgan fingerprint density at radius 2 is 2.06 bits per heavy atom. The maximum absolute atomic E-state index is 12.0. The highest BCUT2D eigenvalue weighted by Gasteiger charge is 2.29. The van der Waals surface area contributed by atoms with E-state index >= 15 is 0 Å². The standard InChI is InChI=1S/C11H19N3O4/c15-10(16)9-7-14(5-6-18-9)11(17)13-8-1-3-12-4-2-8/h8-9,12H,1-7H2,(H,13,17)(H,15,16). The molecule has 3 N–H and O–H groups in total. The van der Waals surface area contributed by atoms with Crippen molar-refractivity contribution in [1.82, 2.24) is 15.5 Å². The van der Waals surface area contributed by atoms with Crippen LogP contribution in [0.5, 0.6) is 0 Å². The van der Waals surface area contributed by atoms with Crippen molar-refractivity contribution in [3.63, 3.8) is 0 Å². The number of hydrogen-bond acceptors (Lipinski definition) is 4. The largest absolute Gasteiger partial charge is 0.479 e. The molecule has 2 fully saturated rings. The number of rotatable bonds is 2. The smallest absolute Gasteiger partial charge is 0.334 e. The Hall–Kier alpha value is -1.34. The molecule has 0 aliphatic carbocycles. The first-order valence-corrected chi connectivity index (χ1v) is 6.27. The summed E-state index contributed by atoms with van der Waals surface area (Å²) in [5.41, 5.74) is 0. The highest BCUT2D eigenvalue weighted by molar-refractivity contribution is 5.77. The number of ether oxygens (including phenoxy) is 1. The van der Waals surface area contributed by atoms with Crippen LogP contribution in [0.1, 0.15) is 12.8 Å². The van der Waals surface area contributed by atoms with E-state index in [4.69, 9.17) is 9.84 Å². The summed E-state index contributed by atoms with van der Waals surface area (Å²) in [4.78, 5) is 24.3. The van der Waals surface area contributed by atoms with Crippen LogP contribution in [0.15, 0.2) is 0 Å². The van der Waals surface area contributed by atoms with Gasteiger partial charge in [-0.1, -0.05) is 0 Å². The molecule has 0 spiro atoms. The SMILES string of the molecule is O=C(O)C1CN(C(=O)NC2CCNCC2)CCO1. The van der Waals surface area contributed by atoms with Crippen molar-refractivity contribution in [2.24, 2.45) is 0 Å². The fraction of sp³-hybridized carbons (Fsp3) is 0.818. The number of aliphatic carboxylic acids is 1. The van der Waals surface area contributed by atoms with E-state index in [0.717, 1.165) is 25.9 Å². The van der Waals surface area contributed by atoms with E-state index in [0.29, 0.717) is 6.54 Å². The van der Waals surface area contributed by atoms with Gasteiger partial charge in [-0.3, -0.25) is 0 Å². The summed E-state index contributed by atoms with van der Waals surface area (Å²) in [7, 11) is 0. The minimum Gasteiger partial charge on any atom is -0.479 e. The second kappa shape index (κ2) is 6.01. The molecule has 2 heterocycles. The third-order valence-corrected chi connectivity index (χ3v) is 3.30. The van der Waals surface area contributed by atoms with E-state index < -0.39 is 12.1 Å². The number of nitrogens with one attached hydrogen (secondary N) is 2. The van der Waals surface area contributed by atoms with Gasteiger partial charge in [0.15, 0.2) is 6.10 Å². The minimum absolute atomic E-state index is 0.117. The van der Waals surface area contributed by atoms with Gasteiger partial charge in [0.2, 0.25) is 0 Å². The maximum atomic E-state index is 12.0. The quantitative estimate of drug-likeness (QED) is 0.604. The van der Waals surface area contributed by atoms with Crippen molar-refractivity contribution >= 4 is 12.0 Å². The van der Waals surface area contributed by atoms with Gasteiger partial charge in [0.25, 0.3) is 0 Å². The van der Waals surface area contributed by atoms with Gasteiger partial charge in [0.05, 0.1) is 13.2 Å². The number of carboxylic acids is 1.